The highest BCUT2D eigenvalue weighted by molar-refractivity contribution is 5.79. The van der Waals surface area contributed by atoms with E-state index >= 15 is 0 Å². The summed E-state index contributed by atoms with van der Waals surface area (Å²) in [6.07, 6.45) is 1.31. The maximum Gasteiger partial charge on any atom is 0.226 e. The topological polar surface area (TPSA) is 96.2 Å². The quantitative estimate of drug-likeness (QED) is 0.759. The summed E-state index contributed by atoms with van der Waals surface area (Å²) in [6.45, 7) is 11.1. The fourth-order valence-electron chi connectivity index (χ4n) is 3.05. The van der Waals surface area contributed by atoms with Crippen molar-refractivity contribution in [2.45, 2.75) is 59.5 Å². The number of likely N-dealkylation sites (N-methyl/N-ethyl adjacent to an activating group) is 1. The van der Waals surface area contributed by atoms with Crippen LogP contribution in [0.5, 0.6) is 0 Å². The van der Waals surface area contributed by atoms with E-state index in [1.54, 1.807) is 4.90 Å². The number of carbonyl (C=O) groups excluding carboxylic acids is 1. The first-order valence-corrected chi connectivity index (χ1v) is 8.42. The number of amides is 1. The Labute approximate surface area is 144 Å². The summed E-state index contributed by atoms with van der Waals surface area (Å²) in [6, 6.07) is 0.661. The van der Waals surface area contributed by atoms with Gasteiger partial charge in [0.15, 0.2) is 0 Å². The number of nitrogens with two attached hydrogens (primary N) is 1. The predicted molar refractivity (Wildman–Crippen MR) is 95.2 cm³/mol. The van der Waals surface area contributed by atoms with Gasteiger partial charge < -0.3 is 10.6 Å². The fourth-order valence-corrected chi connectivity index (χ4v) is 3.05. The maximum absolute atomic E-state index is 12.6. The molecule has 1 aliphatic heterocycles. The first-order chi connectivity index (χ1) is 11.1. The minimum atomic E-state index is 0.0654. The number of hydrogen-bond donors (Lipinski definition) is 3. The molecular weight excluding hydrogens is 304 g/mol. The van der Waals surface area contributed by atoms with Gasteiger partial charge >= 0.3 is 0 Å². The molecular formula is C17H30N6O. The van der Waals surface area contributed by atoms with Gasteiger partial charge in [-0.3, -0.25) is 15.6 Å². The molecule has 1 saturated heterocycles. The molecule has 1 aliphatic rings. The molecule has 1 amide bonds. The predicted octanol–water partition coefficient (Wildman–Crippen LogP) is 0.958. The molecule has 24 heavy (non-hydrogen) atoms. The van der Waals surface area contributed by atoms with Crippen LogP contribution in [0.4, 0.5) is 5.95 Å². The fraction of sp³-hybridized carbons (Fsp3) is 0.706. The second kappa shape index (κ2) is 7.03. The highest BCUT2D eigenvalue weighted by atomic mass is 16.2. The molecule has 0 saturated carbocycles. The lowest BCUT2D eigenvalue weighted by Crippen LogP contribution is -2.43. The average molecular weight is 334 g/mol. The number of anilines is 1. The van der Waals surface area contributed by atoms with Gasteiger partial charge in [0.1, 0.15) is 0 Å². The Balaban J connectivity index is 1.94. The summed E-state index contributed by atoms with van der Waals surface area (Å²) in [5, 5.41) is 0. The van der Waals surface area contributed by atoms with Gasteiger partial charge in [-0.15, -0.1) is 0 Å². The van der Waals surface area contributed by atoms with Crippen LogP contribution in [-0.4, -0.2) is 46.5 Å². The molecule has 7 nitrogen and oxygen atoms in total. The van der Waals surface area contributed by atoms with Crippen molar-refractivity contribution in [1.29, 1.82) is 0 Å². The van der Waals surface area contributed by atoms with Crippen LogP contribution in [-0.2, 0) is 11.2 Å². The number of nitrogens with zero attached hydrogens (tertiary/aromatic N) is 3. The summed E-state index contributed by atoms with van der Waals surface area (Å²) in [7, 11) is 1.84. The molecule has 0 bridgehead atoms. The number of hydrazine groups is 1. The zero-order chi connectivity index (χ0) is 18.1. The number of hydrogen-bond acceptors (Lipinski definition) is 6. The maximum atomic E-state index is 12.6. The number of carbonyl (C=O) groups is 1. The van der Waals surface area contributed by atoms with Gasteiger partial charge in [0.2, 0.25) is 11.9 Å². The van der Waals surface area contributed by atoms with Crippen molar-refractivity contribution in [2.75, 3.05) is 19.3 Å². The van der Waals surface area contributed by atoms with E-state index in [4.69, 9.17) is 5.73 Å². The van der Waals surface area contributed by atoms with Crippen molar-refractivity contribution >= 4 is 11.9 Å². The molecule has 4 N–H and O–H groups in total. The van der Waals surface area contributed by atoms with Crippen LogP contribution in [0.25, 0.3) is 0 Å². The van der Waals surface area contributed by atoms with E-state index in [-0.39, 0.29) is 23.3 Å². The number of aryl methyl sites for hydroxylation is 2. The first-order valence-electron chi connectivity index (χ1n) is 8.42. The second-order valence-electron chi connectivity index (χ2n) is 7.82. The van der Waals surface area contributed by atoms with Gasteiger partial charge in [0.25, 0.3) is 0 Å². The lowest BCUT2D eigenvalue weighted by molar-refractivity contribution is -0.129. The molecule has 134 valence electrons. The van der Waals surface area contributed by atoms with E-state index in [0.29, 0.717) is 19.0 Å². The minimum Gasteiger partial charge on any atom is -0.368 e. The van der Waals surface area contributed by atoms with E-state index in [2.05, 4.69) is 41.6 Å². The third kappa shape index (κ3) is 4.42. The van der Waals surface area contributed by atoms with Gasteiger partial charge in [-0.2, -0.15) is 0 Å². The molecule has 0 aliphatic carbocycles. The number of rotatable bonds is 4. The third-order valence-electron chi connectivity index (χ3n) is 4.71. The van der Waals surface area contributed by atoms with Crippen LogP contribution in [0.15, 0.2) is 0 Å². The molecule has 1 aromatic rings. The Kier molecular flexibility index (Phi) is 5.45. The molecule has 1 fully saturated rings. The summed E-state index contributed by atoms with van der Waals surface area (Å²) in [4.78, 5) is 22.7. The van der Waals surface area contributed by atoms with Crippen molar-refractivity contribution in [2.24, 2.45) is 5.41 Å². The molecule has 2 unspecified atom stereocenters. The van der Waals surface area contributed by atoms with E-state index in [1.165, 1.54) is 0 Å². The molecule has 7 heteroatoms. The Hall–Kier alpha value is -1.73. The van der Waals surface area contributed by atoms with Crippen molar-refractivity contribution in [1.82, 2.24) is 25.7 Å². The highest BCUT2D eigenvalue weighted by Gasteiger charge is 2.33. The minimum absolute atomic E-state index is 0.0654. The second-order valence-corrected chi connectivity index (χ2v) is 7.82. The van der Waals surface area contributed by atoms with Crippen molar-refractivity contribution in [3.05, 3.63) is 17.0 Å². The van der Waals surface area contributed by atoms with Gasteiger partial charge in [-0.1, -0.05) is 20.8 Å². The lowest BCUT2D eigenvalue weighted by Gasteiger charge is -2.26. The van der Waals surface area contributed by atoms with E-state index < -0.39 is 0 Å². The zero-order valence-corrected chi connectivity index (χ0v) is 15.6. The van der Waals surface area contributed by atoms with Crippen LogP contribution < -0.4 is 16.6 Å². The highest BCUT2D eigenvalue weighted by Crippen LogP contribution is 2.25. The molecule has 1 aromatic heterocycles. The molecule has 2 heterocycles. The van der Waals surface area contributed by atoms with E-state index in [9.17, 15) is 4.79 Å². The van der Waals surface area contributed by atoms with Crippen LogP contribution in [0, 0.1) is 19.3 Å². The molecule has 2 rings (SSSR count). The molecule has 2 atom stereocenters. The van der Waals surface area contributed by atoms with Crippen molar-refractivity contribution in [3.8, 4) is 0 Å². The summed E-state index contributed by atoms with van der Waals surface area (Å²) in [5.41, 5.74) is 14.9. The largest absolute Gasteiger partial charge is 0.368 e. The third-order valence-corrected chi connectivity index (χ3v) is 4.71. The molecule has 0 aromatic carbocycles. The number of nitrogen functional groups attached to an aromatic ring is 1. The average Bonchev–Trinajstić information content (AvgIpc) is 2.91. The zero-order valence-electron chi connectivity index (χ0n) is 15.6. The Bertz CT molecular complexity index is 587. The summed E-state index contributed by atoms with van der Waals surface area (Å²) < 4.78 is 0. The Morgan fingerprint density at radius 2 is 1.83 bits per heavy atom. The number of nitrogens with one attached hydrogen (secondary N) is 2. The van der Waals surface area contributed by atoms with Crippen LogP contribution in [0.3, 0.4) is 0 Å². The normalized spacial score (nSPS) is 21.1. The Morgan fingerprint density at radius 3 is 2.33 bits per heavy atom. The monoisotopic (exact) mass is 334 g/mol. The van der Waals surface area contributed by atoms with Crippen molar-refractivity contribution in [3.63, 3.8) is 0 Å². The van der Waals surface area contributed by atoms with Crippen LogP contribution in [0.1, 0.15) is 44.1 Å². The van der Waals surface area contributed by atoms with Crippen molar-refractivity contribution < 1.29 is 4.79 Å². The van der Waals surface area contributed by atoms with Crippen LogP contribution >= 0.6 is 0 Å². The van der Waals surface area contributed by atoms with Gasteiger partial charge in [0.05, 0.1) is 6.42 Å². The molecule has 0 radical (unpaired) electrons. The summed E-state index contributed by atoms with van der Waals surface area (Å²) in [5.74, 6) is 0.319. The number of aromatic nitrogens is 2. The summed E-state index contributed by atoms with van der Waals surface area (Å²) >= 11 is 0. The van der Waals surface area contributed by atoms with Gasteiger partial charge in [0, 0.05) is 42.6 Å². The molecule has 0 spiro atoms. The smallest absolute Gasteiger partial charge is 0.226 e. The van der Waals surface area contributed by atoms with E-state index in [0.717, 1.165) is 23.4 Å². The van der Waals surface area contributed by atoms with E-state index in [1.807, 2.05) is 20.9 Å². The first kappa shape index (κ1) is 18.6. The lowest BCUT2D eigenvalue weighted by atomic mass is 9.84. The standard InChI is InChI=1S/C17H30N6O/c1-10-13(11(2)20-16(18)19-10)8-15(24)23(6)9-12-7-14(22-21-12)17(3,4)5/h12,14,21-22H,7-9H2,1-6H3,(H2,18,19,20). The van der Waals surface area contributed by atoms with Gasteiger partial charge in [-0.25, -0.2) is 9.97 Å². The SMILES string of the molecule is Cc1nc(N)nc(C)c1CC(=O)N(C)CC1CC(C(C)(C)C)NN1. The Morgan fingerprint density at radius 1 is 1.25 bits per heavy atom. The van der Waals surface area contributed by atoms with Gasteiger partial charge in [-0.05, 0) is 25.7 Å². The van der Waals surface area contributed by atoms with Crippen LogP contribution in [0.2, 0.25) is 0 Å².